The van der Waals surface area contributed by atoms with Gasteiger partial charge < -0.3 is 20.6 Å². The van der Waals surface area contributed by atoms with Gasteiger partial charge in [-0.15, -0.1) is 0 Å². The predicted octanol–water partition coefficient (Wildman–Crippen LogP) is 0.517. The van der Waals surface area contributed by atoms with Gasteiger partial charge in [0.25, 0.3) is 0 Å². The minimum absolute atomic E-state index is 0.0708. The van der Waals surface area contributed by atoms with E-state index in [0.717, 1.165) is 25.1 Å². The highest BCUT2D eigenvalue weighted by Gasteiger charge is 2.00. The van der Waals surface area contributed by atoms with Gasteiger partial charge in [-0.2, -0.15) is 0 Å². The largest absolute Gasteiger partial charge is 0.462 e. The molecule has 1 amide bonds. The Balaban J connectivity index is 2.04. The number of primary amides is 1. The maximum atomic E-state index is 10.5. The third-order valence-electron chi connectivity index (χ3n) is 2.20. The van der Waals surface area contributed by atoms with Crippen LogP contribution in [-0.4, -0.2) is 17.6 Å². The number of hydrogen-bond donors (Lipinski definition) is 3. The molecule has 16 heavy (non-hydrogen) atoms. The minimum Gasteiger partial charge on any atom is -0.462 e. The molecule has 0 spiro atoms. The van der Waals surface area contributed by atoms with E-state index in [2.05, 4.69) is 5.32 Å². The van der Waals surface area contributed by atoms with E-state index < -0.39 is 0 Å². The molecule has 0 bridgehead atoms. The summed E-state index contributed by atoms with van der Waals surface area (Å²) < 4.78 is 5.29. The standard InChI is InChI=1S/C11H18N2O3/c12-11(15)3-1-2-6-13-7-9-4-5-10(8-14)16-9/h4-5,13-14H,1-3,6-8H2,(H2,12,15). The van der Waals surface area contributed by atoms with Gasteiger partial charge in [0.1, 0.15) is 18.1 Å². The summed E-state index contributed by atoms with van der Waals surface area (Å²) in [7, 11) is 0. The summed E-state index contributed by atoms with van der Waals surface area (Å²) in [5.74, 6) is 1.13. The lowest BCUT2D eigenvalue weighted by molar-refractivity contribution is -0.118. The Morgan fingerprint density at radius 3 is 2.75 bits per heavy atom. The van der Waals surface area contributed by atoms with Crippen molar-refractivity contribution >= 4 is 5.91 Å². The van der Waals surface area contributed by atoms with Crippen LogP contribution in [-0.2, 0) is 17.9 Å². The molecular weight excluding hydrogens is 208 g/mol. The number of unbranched alkanes of at least 4 members (excludes halogenated alkanes) is 1. The molecule has 4 N–H and O–H groups in total. The lowest BCUT2D eigenvalue weighted by atomic mass is 10.2. The van der Waals surface area contributed by atoms with Crippen LogP contribution in [0.15, 0.2) is 16.5 Å². The van der Waals surface area contributed by atoms with Crippen LogP contribution in [0.1, 0.15) is 30.8 Å². The van der Waals surface area contributed by atoms with Crippen LogP contribution in [0, 0.1) is 0 Å². The highest BCUT2D eigenvalue weighted by atomic mass is 16.4. The molecule has 5 nitrogen and oxygen atoms in total. The summed E-state index contributed by atoms with van der Waals surface area (Å²) in [6, 6.07) is 3.59. The van der Waals surface area contributed by atoms with Gasteiger partial charge in [-0.25, -0.2) is 0 Å². The Bertz CT molecular complexity index is 323. The van der Waals surface area contributed by atoms with E-state index in [1.54, 1.807) is 6.07 Å². The number of aliphatic hydroxyl groups is 1. The van der Waals surface area contributed by atoms with E-state index >= 15 is 0 Å². The van der Waals surface area contributed by atoms with Gasteiger partial charge in [0.15, 0.2) is 0 Å². The number of hydrogen-bond acceptors (Lipinski definition) is 4. The molecule has 0 aromatic carbocycles. The average molecular weight is 226 g/mol. The number of carbonyl (C=O) groups is 1. The van der Waals surface area contributed by atoms with Crippen LogP contribution in [0.25, 0.3) is 0 Å². The Morgan fingerprint density at radius 2 is 2.12 bits per heavy atom. The molecule has 0 unspecified atom stereocenters. The second-order valence-corrected chi connectivity index (χ2v) is 3.63. The summed E-state index contributed by atoms with van der Waals surface area (Å²) in [5, 5.41) is 12.0. The number of nitrogens with one attached hydrogen (secondary N) is 1. The van der Waals surface area contributed by atoms with Crippen LogP contribution in [0.5, 0.6) is 0 Å². The number of carbonyl (C=O) groups excluding carboxylic acids is 1. The van der Waals surface area contributed by atoms with Gasteiger partial charge in [0.2, 0.25) is 5.91 Å². The van der Waals surface area contributed by atoms with Crippen molar-refractivity contribution in [1.29, 1.82) is 0 Å². The first-order valence-electron chi connectivity index (χ1n) is 5.40. The first-order valence-corrected chi connectivity index (χ1v) is 5.40. The van der Waals surface area contributed by atoms with E-state index in [0.29, 0.717) is 18.7 Å². The van der Waals surface area contributed by atoms with Crippen molar-refractivity contribution in [3.05, 3.63) is 23.7 Å². The molecular formula is C11H18N2O3. The zero-order valence-corrected chi connectivity index (χ0v) is 9.24. The molecule has 0 aliphatic heterocycles. The number of furan rings is 1. The molecule has 0 aliphatic carbocycles. The van der Waals surface area contributed by atoms with Crippen LogP contribution in [0.3, 0.4) is 0 Å². The normalized spacial score (nSPS) is 10.6. The maximum Gasteiger partial charge on any atom is 0.217 e. The molecule has 0 fully saturated rings. The molecule has 1 aromatic rings. The zero-order chi connectivity index (χ0) is 11.8. The van der Waals surface area contributed by atoms with Gasteiger partial charge in [-0.3, -0.25) is 4.79 Å². The topological polar surface area (TPSA) is 88.5 Å². The van der Waals surface area contributed by atoms with Crippen LogP contribution >= 0.6 is 0 Å². The van der Waals surface area contributed by atoms with Gasteiger partial charge >= 0.3 is 0 Å². The lowest BCUT2D eigenvalue weighted by Crippen LogP contribution is -2.15. The van der Waals surface area contributed by atoms with Gasteiger partial charge in [-0.1, -0.05) is 0 Å². The van der Waals surface area contributed by atoms with Crippen molar-refractivity contribution in [2.45, 2.75) is 32.4 Å². The highest BCUT2D eigenvalue weighted by molar-refractivity contribution is 5.73. The number of nitrogens with two attached hydrogens (primary N) is 1. The van der Waals surface area contributed by atoms with Crippen molar-refractivity contribution in [1.82, 2.24) is 5.32 Å². The molecule has 0 radical (unpaired) electrons. The maximum absolute atomic E-state index is 10.5. The minimum atomic E-state index is -0.251. The van der Waals surface area contributed by atoms with E-state index in [1.807, 2.05) is 6.07 Å². The zero-order valence-electron chi connectivity index (χ0n) is 9.24. The predicted molar refractivity (Wildman–Crippen MR) is 59.4 cm³/mol. The first-order chi connectivity index (χ1) is 7.72. The molecule has 0 atom stereocenters. The van der Waals surface area contributed by atoms with Crippen molar-refractivity contribution in [3.8, 4) is 0 Å². The van der Waals surface area contributed by atoms with Crippen molar-refractivity contribution in [2.75, 3.05) is 6.54 Å². The number of rotatable bonds is 8. The Morgan fingerprint density at radius 1 is 1.38 bits per heavy atom. The number of amides is 1. The van der Waals surface area contributed by atoms with E-state index in [1.165, 1.54) is 0 Å². The fourth-order valence-corrected chi connectivity index (χ4v) is 1.36. The fraction of sp³-hybridized carbons (Fsp3) is 0.545. The first kappa shape index (κ1) is 12.7. The third-order valence-corrected chi connectivity index (χ3v) is 2.20. The van der Waals surface area contributed by atoms with Crippen molar-refractivity contribution in [3.63, 3.8) is 0 Å². The Labute approximate surface area is 94.6 Å². The molecule has 0 aliphatic rings. The van der Waals surface area contributed by atoms with E-state index in [4.69, 9.17) is 15.3 Å². The summed E-state index contributed by atoms with van der Waals surface area (Å²) in [4.78, 5) is 10.5. The van der Waals surface area contributed by atoms with E-state index in [9.17, 15) is 4.79 Å². The Kier molecular flexibility index (Phi) is 5.60. The Hall–Kier alpha value is -1.33. The molecule has 90 valence electrons. The van der Waals surface area contributed by atoms with Gasteiger partial charge in [-0.05, 0) is 31.5 Å². The van der Waals surface area contributed by atoms with Crippen LogP contribution in [0.4, 0.5) is 0 Å². The summed E-state index contributed by atoms with van der Waals surface area (Å²) in [6.45, 7) is 1.39. The highest BCUT2D eigenvalue weighted by Crippen LogP contribution is 2.07. The van der Waals surface area contributed by atoms with Crippen molar-refractivity contribution in [2.24, 2.45) is 5.73 Å². The second-order valence-electron chi connectivity index (χ2n) is 3.63. The lowest BCUT2D eigenvalue weighted by Gasteiger charge is -2.01. The molecule has 5 heteroatoms. The average Bonchev–Trinajstić information content (AvgIpc) is 2.70. The summed E-state index contributed by atoms with van der Waals surface area (Å²) in [5.41, 5.74) is 5.02. The van der Waals surface area contributed by atoms with Gasteiger partial charge in [0, 0.05) is 6.42 Å². The quantitative estimate of drug-likeness (QED) is 0.564. The SMILES string of the molecule is NC(=O)CCCCNCc1ccc(CO)o1. The third kappa shape index (κ3) is 4.95. The monoisotopic (exact) mass is 226 g/mol. The summed E-state index contributed by atoms with van der Waals surface area (Å²) in [6.07, 6.45) is 2.16. The number of aliphatic hydroxyl groups excluding tert-OH is 1. The van der Waals surface area contributed by atoms with Crippen LogP contribution < -0.4 is 11.1 Å². The molecule has 1 aromatic heterocycles. The fourth-order valence-electron chi connectivity index (χ4n) is 1.36. The summed E-state index contributed by atoms with van der Waals surface area (Å²) >= 11 is 0. The molecule has 0 saturated carbocycles. The van der Waals surface area contributed by atoms with Crippen LogP contribution in [0.2, 0.25) is 0 Å². The molecule has 1 rings (SSSR count). The van der Waals surface area contributed by atoms with Gasteiger partial charge in [0.05, 0.1) is 6.54 Å². The molecule has 0 saturated heterocycles. The van der Waals surface area contributed by atoms with E-state index in [-0.39, 0.29) is 12.5 Å². The van der Waals surface area contributed by atoms with Crippen molar-refractivity contribution < 1.29 is 14.3 Å². The molecule has 1 heterocycles. The smallest absolute Gasteiger partial charge is 0.217 e. The second kappa shape index (κ2) is 7.03.